The molecule has 0 aromatic carbocycles. The summed E-state index contributed by atoms with van der Waals surface area (Å²) in [5, 5.41) is 8.40. The smallest absolute Gasteiger partial charge is 0.138 e. The Bertz CT molecular complexity index is 455. The van der Waals surface area contributed by atoms with Crippen molar-refractivity contribution in [2.75, 3.05) is 0 Å². The predicted octanol–water partition coefficient (Wildman–Crippen LogP) is 1.65. The van der Waals surface area contributed by atoms with Crippen LogP contribution in [0.3, 0.4) is 0 Å². The van der Waals surface area contributed by atoms with Crippen molar-refractivity contribution in [2.45, 2.75) is 6.54 Å². The highest BCUT2D eigenvalue weighted by Gasteiger charge is 2.05. The second kappa shape index (κ2) is 4.33. The molecule has 0 amide bonds. The fourth-order valence-corrected chi connectivity index (χ4v) is 1.41. The lowest BCUT2D eigenvalue weighted by Gasteiger charge is -2.01. The Morgan fingerprint density at radius 3 is 2.67 bits per heavy atom. The van der Waals surface area contributed by atoms with E-state index in [1.807, 2.05) is 18.2 Å². The van der Waals surface area contributed by atoms with Gasteiger partial charge in [-0.2, -0.15) is 10.2 Å². The first-order valence-electron chi connectivity index (χ1n) is 4.45. The Balaban J connectivity index is 2.42. The standard InChI is InChI=1S/C10H9ClN4/c11-10-8(2-1-5-13-10)9-4-3-7(6-12)14-15-9/h1-5H,6,12H2. The molecule has 4 nitrogen and oxygen atoms in total. The van der Waals surface area contributed by atoms with Crippen molar-refractivity contribution in [1.29, 1.82) is 0 Å². The van der Waals surface area contributed by atoms with Crippen LogP contribution in [-0.2, 0) is 6.54 Å². The minimum absolute atomic E-state index is 0.383. The molecule has 0 fully saturated rings. The highest BCUT2D eigenvalue weighted by molar-refractivity contribution is 6.31. The lowest BCUT2D eigenvalue weighted by Crippen LogP contribution is -2.01. The van der Waals surface area contributed by atoms with E-state index in [-0.39, 0.29) is 0 Å². The fraction of sp³-hybridized carbons (Fsp3) is 0.100. The normalized spacial score (nSPS) is 10.3. The van der Waals surface area contributed by atoms with Gasteiger partial charge in [0, 0.05) is 18.3 Å². The summed E-state index contributed by atoms with van der Waals surface area (Å²) in [7, 11) is 0. The van der Waals surface area contributed by atoms with E-state index in [0.717, 1.165) is 11.3 Å². The summed E-state index contributed by atoms with van der Waals surface area (Å²) >= 11 is 5.93. The van der Waals surface area contributed by atoms with Crippen LogP contribution >= 0.6 is 11.6 Å². The van der Waals surface area contributed by atoms with Gasteiger partial charge in [-0.25, -0.2) is 4.98 Å². The molecule has 0 unspecified atom stereocenters. The largest absolute Gasteiger partial charge is 0.325 e. The van der Waals surface area contributed by atoms with Crippen LogP contribution in [0.2, 0.25) is 5.15 Å². The Labute approximate surface area is 92.1 Å². The molecule has 2 rings (SSSR count). The van der Waals surface area contributed by atoms with E-state index in [1.54, 1.807) is 12.3 Å². The van der Waals surface area contributed by atoms with Crippen molar-refractivity contribution >= 4 is 11.6 Å². The number of aromatic nitrogens is 3. The molecule has 2 N–H and O–H groups in total. The highest BCUT2D eigenvalue weighted by atomic mass is 35.5. The molecule has 0 radical (unpaired) electrons. The third-order valence-electron chi connectivity index (χ3n) is 1.96. The maximum absolute atomic E-state index is 5.93. The molecule has 2 aromatic heterocycles. The Kier molecular flexibility index (Phi) is 2.89. The van der Waals surface area contributed by atoms with Gasteiger partial charge < -0.3 is 5.73 Å². The van der Waals surface area contributed by atoms with Crippen molar-refractivity contribution in [3.05, 3.63) is 41.3 Å². The fourth-order valence-electron chi connectivity index (χ4n) is 1.19. The Hall–Kier alpha value is -1.52. The minimum Gasteiger partial charge on any atom is -0.325 e. The van der Waals surface area contributed by atoms with Gasteiger partial charge in [0.15, 0.2) is 0 Å². The van der Waals surface area contributed by atoms with E-state index < -0.39 is 0 Å². The lowest BCUT2D eigenvalue weighted by molar-refractivity contribution is 0.902. The van der Waals surface area contributed by atoms with Gasteiger partial charge in [0.2, 0.25) is 0 Å². The molecule has 0 saturated heterocycles. The summed E-state index contributed by atoms with van der Waals surface area (Å²) in [6.45, 7) is 0.383. The van der Waals surface area contributed by atoms with Crippen LogP contribution in [0.4, 0.5) is 0 Å². The number of rotatable bonds is 2. The summed E-state index contributed by atoms with van der Waals surface area (Å²) in [6.07, 6.45) is 1.63. The third-order valence-corrected chi connectivity index (χ3v) is 2.27. The number of pyridine rings is 1. The van der Waals surface area contributed by atoms with Crippen LogP contribution in [0.15, 0.2) is 30.5 Å². The summed E-state index contributed by atoms with van der Waals surface area (Å²) in [4.78, 5) is 3.97. The Morgan fingerprint density at radius 2 is 2.07 bits per heavy atom. The van der Waals surface area contributed by atoms with Crippen LogP contribution in [0, 0.1) is 0 Å². The average Bonchev–Trinajstić information content (AvgIpc) is 2.30. The zero-order valence-electron chi connectivity index (χ0n) is 7.89. The molecule has 2 aromatic rings. The SMILES string of the molecule is NCc1ccc(-c2cccnc2Cl)nn1. The van der Waals surface area contributed by atoms with Crippen LogP contribution in [0.25, 0.3) is 11.3 Å². The van der Waals surface area contributed by atoms with Crippen molar-refractivity contribution in [2.24, 2.45) is 5.73 Å². The third kappa shape index (κ3) is 2.11. The molecule has 5 heteroatoms. The Morgan fingerprint density at radius 1 is 1.20 bits per heavy atom. The van der Waals surface area contributed by atoms with Gasteiger partial charge in [0.05, 0.1) is 11.4 Å². The molecule has 0 bridgehead atoms. The molecule has 2 heterocycles. The van der Waals surface area contributed by atoms with Gasteiger partial charge in [0.25, 0.3) is 0 Å². The van der Waals surface area contributed by atoms with E-state index in [0.29, 0.717) is 17.4 Å². The van der Waals surface area contributed by atoms with Gasteiger partial charge in [0.1, 0.15) is 5.15 Å². The average molecular weight is 221 g/mol. The minimum atomic E-state index is 0.383. The molecule has 0 aliphatic rings. The first-order chi connectivity index (χ1) is 7.31. The van der Waals surface area contributed by atoms with E-state index in [1.165, 1.54) is 0 Å². The van der Waals surface area contributed by atoms with Crippen molar-refractivity contribution < 1.29 is 0 Å². The van der Waals surface area contributed by atoms with Crippen molar-refractivity contribution in [1.82, 2.24) is 15.2 Å². The van der Waals surface area contributed by atoms with Gasteiger partial charge in [-0.15, -0.1) is 0 Å². The molecule has 0 aliphatic carbocycles. The molecule has 0 spiro atoms. The van der Waals surface area contributed by atoms with E-state index >= 15 is 0 Å². The monoisotopic (exact) mass is 220 g/mol. The number of halogens is 1. The zero-order valence-corrected chi connectivity index (χ0v) is 8.65. The van der Waals surface area contributed by atoms with E-state index in [2.05, 4.69) is 15.2 Å². The topological polar surface area (TPSA) is 64.7 Å². The maximum Gasteiger partial charge on any atom is 0.138 e. The summed E-state index contributed by atoms with van der Waals surface area (Å²) < 4.78 is 0. The quantitative estimate of drug-likeness (QED) is 0.782. The van der Waals surface area contributed by atoms with Crippen molar-refractivity contribution in [3.63, 3.8) is 0 Å². The molecule has 0 atom stereocenters. The maximum atomic E-state index is 5.93. The zero-order chi connectivity index (χ0) is 10.7. The summed E-state index contributed by atoms with van der Waals surface area (Å²) in [5.74, 6) is 0. The highest BCUT2D eigenvalue weighted by Crippen LogP contribution is 2.22. The van der Waals surface area contributed by atoms with Crippen LogP contribution in [0.1, 0.15) is 5.69 Å². The number of hydrogen-bond donors (Lipinski definition) is 1. The van der Waals surface area contributed by atoms with Gasteiger partial charge in [-0.05, 0) is 24.3 Å². The molecule has 76 valence electrons. The van der Waals surface area contributed by atoms with Gasteiger partial charge in [-0.3, -0.25) is 0 Å². The van der Waals surface area contributed by atoms with Gasteiger partial charge in [-0.1, -0.05) is 11.6 Å². The predicted molar refractivity (Wildman–Crippen MR) is 58.2 cm³/mol. The lowest BCUT2D eigenvalue weighted by atomic mass is 10.2. The molecular formula is C10H9ClN4. The van der Waals surface area contributed by atoms with E-state index in [4.69, 9.17) is 17.3 Å². The summed E-state index contributed by atoms with van der Waals surface area (Å²) in [6, 6.07) is 7.31. The number of nitrogens with two attached hydrogens (primary N) is 1. The van der Waals surface area contributed by atoms with Crippen LogP contribution in [-0.4, -0.2) is 15.2 Å². The second-order valence-electron chi connectivity index (χ2n) is 2.96. The first-order valence-corrected chi connectivity index (χ1v) is 4.82. The van der Waals surface area contributed by atoms with Crippen molar-refractivity contribution in [3.8, 4) is 11.3 Å². The molecule has 0 aliphatic heterocycles. The van der Waals surface area contributed by atoms with Crippen LogP contribution < -0.4 is 5.73 Å². The summed E-state index contributed by atoms with van der Waals surface area (Å²) in [5.41, 5.74) is 7.65. The molecule has 15 heavy (non-hydrogen) atoms. The van der Waals surface area contributed by atoms with Gasteiger partial charge >= 0.3 is 0 Å². The number of hydrogen-bond acceptors (Lipinski definition) is 4. The molecular weight excluding hydrogens is 212 g/mol. The number of nitrogens with zero attached hydrogens (tertiary/aromatic N) is 3. The second-order valence-corrected chi connectivity index (χ2v) is 3.31. The van der Waals surface area contributed by atoms with E-state index in [9.17, 15) is 0 Å². The van der Waals surface area contributed by atoms with Crippen LogP contribution in [0.5, 0.6) is 0 Å². The first kappa shape index (κ1) is 10.0. The molecule has 0 saturated carbocycles.